The monoisotopic (exact) mass is 422 g/mol. The van der Waals surface area contributed by atoms with Gasteiger partial charge < -0.3 is 4.52 Å². The number of hydrogen-bond donors (Lipinski definition) is 0. The molecule has 3 saturated carbocycles. The number of carbonyl (C=O) groups excluding carboxylic acids is 1. The SMILES string of the molecule is O=C(CCCCCCC(C1CCCCC1)(C1CCCCC1)C1CCCCC1)OP. The van der Waals surface area contributed by atoms with Gasteiger partial charge in [-0.05, 0) is 74.5 Å². The van der Waals surface area contributed by atoms with Crippen LogP contribution in [0.25, 0.3) is 0 Å². The molecule has 0 aromatic heterocycles. The van der Waals surface area contributed by atoms with Gasteiger partial charge in [-0.25, -0.2) is 0 Å². The first-order chi connectivity index (χ1) is 14.3. The van der Waals surface area contributed by atoms with Crippen molar-refractivity contribution in [3.8, 4) is 0 Å². The van der Waals surface area contributed by atoms with Gasteiger partial charge in [-0.3, -0.25) is 4.79 Å². The maximum atomic E-state index is 11.4. The summed E-state index contributed by atoms with van der Waals surface area (Å²) in [6.45, 7) is 0. The van der Waals surface area contributed by atoms with Crippen molar-refractivity contribution in [3.05, 3.63) is 0 Å². The van der Waals surface area contributed by atoms with Crippen LogP contribution in [0, 0.1) is 23.2 Å². The van der Waals surface area contributed by atoms with Gasteiger partial charge in [-0.2, -0.15) is 0 Å². The molecule has 0 bridgehead atoms. The van der Waals surface area contributed by atoms with E-state index >= 15 is 0 Å². The fourth-order valence-electron chi connectivity index (χ4n) is 7.65. The molecule has 168 valence electrons. The van der Waals surface area contributed by atoms with E-state index in [1.54, 1.807) is 0 Å². The predicted molar refractivity (Wildman–Crippen MR) is 126 cm³/mol. The minimum absolute atomic E-state index is 0.0732. The molecule has 0 N–H and O–H groups in total. The molecule has 3 rings (SSSR count). The second-order valence-electron chi connectivity index (χ2n) is 10.5. The summed E-state index contributed by atoms with van der Waals surface area (Å²) in [7, 11) is 2.09. The molecule has 3 aliphatic rings. The van der Waals surface area contributed by atoms with Crippen LogP contribution in [-0.2, 0) is 9.32 Å². The van der Waals surface area contributed by atoms with Gasteiger partial charge in [0.05, 0.1) is 9.47 Å². The standard InChI is InChI=1S/C26H47O2P/c27-25(28-29)20-12-1-2-13-21-26(22-14-6-3-7-15-22,23-16-8-4-9-17-23)24-18-10-5-11-19-24/h22-24H,1-21,29H2. The largest absolute Gasteiger partial charge is 0.452 e. The minimum atomic E-state index is -0.0732. The second-order valence-corrected chi connectivity index (χ2v) is 10.8. The summed E-state index contributed by atoms with van der Waals surface area (Å²) in [6, 6.07) is 0. The first kappa shape index (κ1) is 23.6. The molecule has 1 atom stereocenters. The first-order valence-electron chi connectivity index (χ1n) is 13.2. The van der Waals surface area contributed by atoms with Crippen LogP contribution < -0.4 is 0 Å². The summed E-state index contributed by atoms with van der Waals surface area (Å²) >= 11 is 0. The second kappa shape index (κ2) is 12.7. The molecule has 3 heteroatoms. The van der Waals surface area contributed by atoms with Gasteiger partial charge in [0.15, 0.2) is 0 Å². The van der Waals surface area contributed by atoms with Crippen LogP contribution in [0.3, 0.4) is 0 Å². The third-order valence-corrected chi connectivity index (χ3v) is 9.23. The zero-order valence-electron chi connectivity index (χ0n) is 19.0. The lowest BCUT2D eigenvalue weighted by Gasteiger charge is -2.55. The summed E-state index contributed by atoms with van der Waals surface area (Å²) in [5.41, 5.74) is 0.653. The molecule has 0 heterocycles. The number of unbranched alkanes of at least 4 members (excludes halogenated alkanes) is 3. The zero-order chi connectivity index (χ0) is 20.4. The molecule has 0 spiro atoms. The van der Waals surface area contributed by atoms with E-state index in [4.69, 9.17) is 4.52 Å². The highest BCUT2D eigenvalue weighted by molar-refractivity contribution is 7.10. The van der Waals surface area contributed by atoms with Crippen molar-refractivity contribution in [3.63, 3.8) is 0 Å². The Labute approximate surface area is 183 Å². The summed E-state index contributed by atoms with van der Waals surface area (Å²) in [4.78, 5) is 11.4. The quantitative estimate of drug-likeness (QED) is 0.261. The van der Waals surface area contributed by atoms with Crippen LogP contribution in [0.1, 0.15) is 135 Å². The van der Waals surface area contributed by atoms with E-state index in [0.29, 0.717) is 11.8 Å². The van der Waals surface area contributed by atoms with Crippen molar-refractivity contribution in [2.45, 2.75) is 135 Å². The molecule has 0 aliphatic heterocycles. The summed E-state index contributed by atoms with van der Waals surface area (Å²) in [6.07, 6.45) is 29.5. The van der Waals surface area contributed by atoms with E-state index in [2.05, 4.69) is 9.47 Å². The zero-order valence-corrected chi connectivity index (χ0v) is 20.1. The number of hydrogen-bond acceptors (Lipinski definition) is 2. The van der Waals surface area contributed by atoms with Crippen molar-refractivity contribution >= 4 is 15.4 Å². The third-order valence-electron chi connectivity index (χ3n) is 8.97. The maximum Gasteiger partial charge on any atom is 0.307 e. The Kier molecular flexibility index (Phi) is 10.3. The van der Waals surface area contributed by atoms with E-state index in [9.17, 15) is 4.79 Å². The van der Waals surface area contributed by atoms with Gasteiger partial charge in [0.1, 0.15) is 0 Å². The minimum Gasteiger partial charge on any atom is -0.452 e. The lowest BCUT2D eigenvalue weighted by atomic mass is 9.50. The third kappa shape index (κ3) is 6.44. The Morgan fingerprint density at radius 1 is 0.655 bits per heavy atom. The van der Waals surface area contributed by atoms with Gasteiger partial charge in [-0.15, -0.1) is 0 Å². The average molecular weight is 423 g/mol. The van der Waals surface area contributed by atoms with Gasteiger partial charge in [0.25, 0.3) is 0 Å². The highest BCUT2D eigenvalue weighted by Crippen LogP contribution is 2.59. The molecular formula is C26H47O2P. The lowest BCUT2D eigenvalue weighted by molar-refractivity contribution is -0.133. The highest BCUT2D eigenvalue weighted by Gasteiger charge is 2.49. The van der Waals surface area contributed by atoms with Crippen LogP contribution in [0.5, 0.6) is 0 Å². The number of carbonyl (C=O) groups is 1. The van der Waals surface area contributed by atoms with E-state index in [0.717, 1.165) is 24.2 Å². The Morgan fingerprint density at radius 2 is 1.07 bits per heavy atom. The summed E-state index contributed by atoms with van der Waals surface area (Å²) in [5, 5.41) is 0. The van der Waals surface area contributed by atoms with Crippen molar-refractivity contribution in [2.24, 2.45) is 23.2 Å². The number of rotatable bonds is 10. The van der Waals surface area contributed by atoms with E-state index in [-0.39, 0.29) is 5.97 Å². The molecule has 0 aromatic carbocycles. The van der Waals surface area contributed by atoms with Gasteiger partial charge in [0.2, 0.25) is 0 Å². The van der Waals surface area contributed by atoms with E-state index in [1.807, 2.05) is 0 Å². The normalized spacial score (nSPS) is 23.2. The molecule has 3 fully saturated rings. The maximum absolute atomic E-state index is 11.4. The first-order valence-corrected chi connectivity index (χ1v) is 13.6. The van der Waals surface area contributed by atoms with Gasteiger partial charge in [0, 0.05) is 6.42 Å². The van der Waals surface area contributed by atoms with Crippen molar-refractivity contribution < 1.29 is 9.32 Å². The molecule has 1 unspecified atom stereocenters. The molecule has 0 saturated heterocycles. The summed E-state index contributed by atoms with van der Waals surface area (Å²) < 4.78 is 4.73. The Bertz CT molecular complexity index is 414. The molecule has 0 amide bonds. The van der Waals surface area contributed by atoms with Crippen LogP contribution in [0.15, 0.2) is 0 Å². The highest BCUT2D eigenvalue weighted by atomic mass is 31.0. The topological polar surface area (TPSA) is 26.3 Å². The predicted octanol–water partition coefficient (Wildman–Crippen LogP) is 8.39. The van der Waals surface area contributed by atoms with Crippen molar-refractivity contribution in [1.29, 1.82) is 0 Å². The van der Waals surface area contributed by atoms with Gasteiger partial charge in [-0.1, -0.05) is 77.0 Å². The van der Waals surface area contributed by atoms with Crippen LogP contribution in [-0.4, -0.2) is 5.97 Å². The van der Waals surface area contributed by atoms with Crippen molar-refractivity contribution in [1.82, 2.24) is 0 Å². The van der Waals surface area contributed by atoms with Crippen molar-refractivity contribution in [2.75, 3.05) is 0 Å². The molecular weight excluding hydrogens is 375 g/mol. The Balaban J connectivity index is 1.68. The summed E-state index contributed by atoms with van der Waals surface area (Å²) in [5.74, 6) is 2.95. The Morgan fingerprint density at radius 3 is 1.48 bits per heavy atom. The average Bonchev–Trinajstić information content (AvgIpc) is 2.80. The van der Waals surface area contributed by atoms with E-state index in [1.165, 1.54) is 122 Å². The molecule has 0 radical (unpaired) electrons. The lowest BCUT2D eigenvalue weighted by Crippen LogP contribution is -2.47. The molecule has 3 aliphatic carbocycles. The van der Waals surface area contributed by atoms with Crippen LogP contribution in [0.4, 0.5) is 0 Å². The molecule has 2 nitrogen and oxygen atoms in total. The fourth-order valence-corrected chi connectivity index (χ4v) is 7.76. The smallest absolute Gasteiger partial charge is 0.307 e. The Hall–Kier alpha value is -0.100. The van der Waals surface area contributed by atoms with Crippen LogP contribution >= 0.6 is 9.47 Å². The fraction of sp³-hybridized carbons (Fsp3) is 0.962. The molecule has 29 heavy (non-hydrogen) atoms. The van der Waals surface area contributed by atoms with Crippen LogP contribution in [0.2, 0.25) is 0 Å². The molecule has 0 aromatic rings. The van der Waals surface area contributed by atoms with E-state index < -0.39 is 0 Å². The van der Waals surface area contributed by atoms with Gasteiger partial charge >= 0.3 is 5.97 Å².